The van der Waals surface area contributed by atoms with Gasteiger partial charge in [-0.05, 0) is 31.7 Å². The Labute approximate surface area is 77.7 Å². The van der Waals surface area contributed by atoms with Crippen molar-refractivity contribution in [2.45, 2.75) is 19.3 Å². The summed E-state index contributed by atoms with van der Waals surface area (Å²) in [5.41, 5.74) is 5.82. The first-order valence-corrected chi connectivity index (χ1v) is 4.83. The Morgan fingerprint density at radius 1 is 1.54 bits per heavy atom. The fraction of sp³-hybridized carbons (Fsp3) is 0.889. The third-order valence-electron chi connectivity index (χ3n) is 3.34. The van der Waals surface area contributed by atoms with Crippen LogP contribution in [0.5, 0.6) is 0 Å². The molecule has 0 aromatic rings. The second-order valence-corrected chi connectivity index (χ2v) is 4.49. The lowest BCUT2D eigenvalue weighted by molar-refractivity contribution is -0.0809. The molecule has 0 aromatic carbocycles. The fourth-order valence-electron chi connectivity index (χ4n) is 2.76. The van der Waals surface area contributed by atoms with E-state index in [0.717, 1.165) is 32.0 Å². The number of nitrogens with two attached hydrogens (primary N) is 1. The van der Waals surface area contributed by atoms with Crippen molar-refractivity contribution in [3.8, 4) is 0 Å². The van der Waals surface area contributed by atoms with Gasteiger partial charge in [0.05, 0.1) is 0 Å². The van der Waals surface area contributed by atoms with E-state index in [0.29, 0.717) is 5.41 Å². The van der Waals surface area contributed by atoms with E-state index in [1.54, 1.807) is 0 Å². The lowest BCUT2D eigenvalue weighted by Gasteiger charge is -2.58. The molecule has 0 atom stereocenters. The maximum Gasteiger partial charge on any atom is 0.407 e. The molecule has 1 aliphatic carbocycles. The van der Waals surface area contributed by atoms with E-state index in [4.69, 9.17) is 10.8 Å². The molecule has 4 nitrogen and oxygen atoms in total. The van der Waals surface area contributed by atoms with Gasteiger partial charge in [0.15, 0.2) is 0 Å². The van der Waals surface area contributed by atoms with Gasteiger partial charge < -0.3 is 15.7 Å². The number of likely N-dealkylation sites (tertiary alicyclic amines) is 1. The Balaban J connectivity index is 1.73. The number of hydrogen-bond donors (Lipinski definition) is 2. The van der Waals surface area contributed by atoms with Gasteiger partial charge in [-0.3, -0.25) is 0 Å². The van der Waals surface area contributed by atoms with E-state index in [2.05, 4.69) is 0 Å². The van der Waals surface area contributed by atoms with Crippen molar-refractivity contribution in [3.63, 3.8) is 0 Å². The zero-order valence-corrected chi connectivity index (χ0v) is 7.70. The van der Waals surface area contributed by atoms with Gasteiger partial charge in [-0.2, -0.15) is 0 Å². The van der Waals surface area contributed by atoms with Crippen LogP contribution in [0.4, 0.5) is 4.79 Å². The Hall–Kier alpha value is -0.770. The van der Waals surface area contributed by atoms with Crippen molar-refractivity contribution in [2.24, 2.45) is 17.1 Å². The normalized spacial score (nSPS) is 25.5. The van der Waals surface area contributed by atoms with Crippen molar-refractivity contribution in [1.82, 2.24) is 4.90 Å². The smallest absolute Gasteiger partial charge is 0.407 e. The van der Waals surface area contributed by atoms with Crippen LogP contribution in [-0.4, -0.2) is 35.7 Å². The number of amides is 1. The summed E-state index contributed by atoms with van der Waals surface area (Å²) in [4.78, 5) is 12.0. The highest BCUT2D eigenvalue weighted by Crippen LogP contribution is 2.52. The average molecular weight is 184 g/mol. The molecule has 1 amide bonds. The van der Waals surface area contributed by atoms with E-state index < -0.39 is 6.09 Å². The van der Waals surface area contributed by atoms with E-state index in [-0.39, 0.29) is 0 Å². The molecule has 4 heteroatoms. The number of carboxylic acid groups (broad SMARTS) is 1. The average Bonchev–Trinajstić information content (AvgIpc) is 1.90. The molecule has 1 spiro atoms. The van der Waals surface area contributed by atoms with E-state index in [1.165, 1.54) is 17.7 Å². The highest BCUT2D eigenvalue weighted by Gasteiger charge is 2.53. The van der Waals surface area contributed by atoms with Crippen LogP contribution in [0.1, 0.15) is 19.3 Å². The maximum atomic E-state index is 10.5. The lowest BCUT2D eigenvalue weighted by Crippen LogP contribution is -2.63. The third kappa shape index (κ3) is 1.39. The van der Waals surface area contributed by atoms with Gasteiger partial charge in [0.25, 0.3) is 0 Å². The Morgan fingerprint density at radius 3 is 2.62 bits per heavy atom. The van der Waals surface area contributed by atoms with Crippen molar-refractivity contribution in [2.75, 3.05) is 19.6 Å². The second-order valence-electron chi connectivity index (χ2n) is 4.49. The molecular weight excluding hydrogens is 168 g/mol. The second kappa shape index (κ2) is 2.87. The van der Waals surface area contributed by atoms with Crippen molar-refractivity contribution >= 4 is 6.09 Å². The molecule has 1 aliphatic heterocycles. The van der Waals surface area contributed by atoms with Crippen LogP contribution < -0.4 is 5.73 Å². The molecule has 2 rings (SSSR count). The molecular formula is C9H16N2O2. The molecule has 1 saturated carbocycles. The highest BCUT2D eigenvalue weighted by atomic mass is 16.4. The van der Waals surface area contributed by atoms with Crippen LogP contribution >= 0.6 is 0 Å². The van der Waals surface area contributed by atoms with Crippen molar-refractivity contribution in [3.05, 3.63) is 0 Å². The standard InChI is InChI=1S/C9H16N2O2/c10-2-1-7-3-9(4-7)5-11(6-9)8(12)13/h7H,1-6,10H2,(H,12,13). The van der Waals surface area contributed by atoms with Gasteiger partial charge in [0.2, 0.25) is 0 Å². The van der Waals surface area contributed by atoms with Gasteiger partial charge >= 0.3 is 6.09 Å². The summed E-state index contributed by atoms with van der Waals surface area (Å²) >= 11 is 0. The molecule has 0 unspecified atom stereocenters. The zero-order chi connectivity index (χ0) is 9.47. The van der Waals surface area contributed by atoms with Crippen LogP contribution in [0.15, 0.2) is 0 Å². The summed E-state index contributed by atoms with van der Waals surface area (Å²) in [5, 5.41) is 8.66. The summed E-state index contributed by atoms with van der Waals surface area (Å²) in [5.74, 6) is 0.765. The molecule has 0 bridgehead atoms. The van der Waals surface area contributed by atoms with Crippen LogP contribution in [0.25, 0.3) is 0 Å². The fourth-order valence-corrected chi connectivity index (χ4v) is 2.76. The van der Waals surface area contributed by atoms with Gasteiger partial charge in [-0.1, -0.05) is 0 Å². The molecule has 3 N–H and O–H groups in total. The predicted molar refractivity (Wildman–Crippen MR) is 48.4 cm³/mol. The number of hydrogen-bond acceptors (Lipinski definition) is 2. The van der Waals surface area contributed by atoms with E-state index >= 15 is 0 Å². The quantitative estimate of drug-likeness (QED) is 0.664. The largest absolute Gasteiger partial charge is 0.465 e. The van der Waals surface area contributed by atoms with Gasteiger partial charge in [-0.15, -0.1) is 0 Å². The molecule has 74 valence electrons. The van der Waals surface area contributed by atoms with Gasteiger partial charge in [-0.25, -0.2) is 4.79 Å². The predicted octanol–water partition coefficient (Wildman–Crippen LogP) is 0.725. The Bertz CT molecular complexity index is 216. The molecule has 2 aliphatic rings. The lowest BCUT2D eigenvalue weighted by atomic mass is 9.57. The van der Waals surface area contributed by atoms with Gasteiger partial charge in [0, 0.05) is 18.5 Å². The minimum absolute atomic E-state index is 0.359. The van der Waals surface area contributed by atoms with Crippen LogP contribution in [0, 0.1) is 11.3 Å². The molecule has 0 aromatic heterocycles. The highest BCUT2D eigenvalue weighted by molar-refractivity contribution is 5.66. The molecule has 0 radical (unpaired) electrons. The molecule has 1 saturated heterocycles. The number of carbonyl (C=O) groups is 1. The van der Waals surface area contributed by atoms with Gasteiger partial charge in [0.1, 0.15) is 0 Å². The van der Waals surface area contributed by atoms with Crippen LogP contribution in [0.3, 0.4) is 0 Å². The molecule has 13 heavy (non-hydrogen) atoms. The molecule has 1 heterocycles. The minimum Gasteiger partial charge on any atom is -0.465 e. The SMILES string of the molecule is NCCC1CC2(C1)CN(C(=O)O)C2. The topological polar surface area (TPSA) is 66.6 Å². The minimum atomic E-state index is -0.770. The van der Waals surface area contributed by atoms with Crippen molar-refractivity contribution < 1.29 is 9.90 Å². The van der Waals surface area contributed by atoms with E-state index in [1.807, 2.05) is 0 Å². The summed E-state index contributed by atoms with van der Waals surface area (Å²) in [6.07, 6.45) is 2.71. The summed E-state index contributed by atoms with van der Waals surface area (Å²) in [6.45, 7) is 2.27. The zero-order valence-electron chi connectivity index (χ0n) is 7.70. The Kier molecular flexibility index (Phi) is 1.95. The Morgan fingerprint density at radius 2 is 2.15 bits per heavy atom. The first kappa shape index (κ1) is 8.81. The van der Waals surface area contributed by atoms with Crippen LogP contribution in [-0.2, 0) is 0 Å². The monoisotopic (exact) mass is 184 g/mol. The first-order valence-electron chi connectivity index (χ1n) is 4.83. The molecule has 2 fully saturated rings. The number of nitrogens with zero attached hydrogens (tertiary/aromatic N) is 1. The summed E-state index contributed by atoms with van der Waals surface area (Å²) < 4.78 is 0. The third-order valence-corrected chi connectivity index (χ3v) is 3.34. The maximum absolute atomic E-state index is 10.5. The van der Waals surface area contributed by atoms with E-state index in [9.17, 15) is 4.79 Å². The van der Waals surface area contributed by atoms with Crippen LogP contribution in [0.2, 0.25) is 0 Å². The summed E-state index contributed by atoms with van der Waals surface area (Å²) in [7, 11) is 0. The number of rotatable bonds is 2. The summed E-state index contributed by atoms with van der Waals surface area (Å²) in [6, 6.07) is 0. The first-order chi connectivity index (χ1) is 6.15. The van der Waals surface area contributed by atoms with Crippen molar-refractivity contribution in [1.29, 1.82) is 0 Å².